The van der Waals surface area contributed by atoms with Crippen LogP contribution in [0.4, 0.5) is 0 Å². The molecule has 0 radical (unpaired) electrons. The highest BCUT2D eigenvalue weighted by atomic mass is 16.5. The molecule has 0 unspecified atom stereocenters. The van der Waals surface area contributed by atoms with E-state index in [1.54, 1.807) is 0 Å². The molecule has 0 amide bonds. The Balaban J connectivity index is 2.68. The Morgan fingerprint density at radius 3 is 2.87 bits per heavy atom. The van der Waals surface area contributed by atoms with E-state index in [0.717, 1.165) is 24.3 Å². The van der Waals surface area contributed by atoms with E-state index in [1.165, 1.54) is 0 Å². The van der Waals surface area contributed by atoms with E-state index < -0.39 is 0 Å². The van der Waals surface area contributed by atoms with Gasteiger partial charge < -0.3 is 10.1 Å². The zero-order chi connectivity index (χ0) is 10.9. The summed E-state index contributed by atoms with van der Waals surface area (Å²) < 4.78 is 5.48. The standard InChI is InChI=1S/C13H17NO/c1-3-15-13-10-5-4-8-12(13)9-6-7-11-14-2/h4-5,8,10,14H,3,7,11H2,1-2H3. The quantitative estimate of drug-likeness (QED) is 0.597. The molecule has 0 atom stereocenters. The normalized spacial score (nSPS) is 9.20. The predicted molar refractivity (Wildman–Crippen MR) is 63.0 cm³/mol. The molecule has 0 aromatic heterocycles. The average molecular weight is 203 g/mol. The molecule has 1 N–H and O–H groups in total. The van der Waals surface area contributed by atoms with Crippen molar-refractivity contribution in [2.24, 2.45) is 0 Å². The number of ether oxygens (including phenoxy) is 1. The van der Waals surface area contributed by atoms with Gasteiger partial charge in [0.25, 0.3) is 0 Å². The summed E-state index contributed by atoms with van der Waals surface area (Å²) in [5, 5.41) is 3.06. The molecule has 80 valence electrons. The molecule has 0 spiro atoms. The van der Waals surface area contributed by atoms with Gasteiger partial charge >= 0.3 is 0 Å². The van der Waals surface area contributed by atoms with Gasteiger partial charge in [0.15, 0.2) is 0 Å². The molecule has 0 bridgehead atoms. The number of benzene rings is 1. The third kappa shape index (κ3) is 4.05. The maximum absolute atomic E-state index is 5.48. The molecule has 0 heterocycles. The maximum Gasteiger partial charge on any atom is 0.134 e. The first-order chi connectivity index (χ1) is 7.38. The Morgan fingerprint density at radius 1 is 1.33 bits per heavy atom. The molecule has 0 saturated heterocycles. The summed E-state index contributed by atoms with van der Waals surface area (Å²) in [4.78, 5) is 0. The van der Waals surface area contributed by atoms with Crippen LogP contribution in [0.3, 0.4) is 0 Å². The predicted octanol–water partition coefficient (Wildman–Crippen LogP) is 2.05. The first kappa shape index (κ1) is 11.6. The first-order valence-corrected chi connectivity index (χ1v) is 5.23. The Labute approximate surface area is 91.6 Å². The van der Waals surface area contributed by atoms with Crippen molar-refractivity contribution in [1.29, 1.82) is 0 Å². The van der Waals surface area contributed by atoms with Crippen molar-refractivity contribution in [1.82, 2.24) is 5.32 Å². The van der Waals surface area contributed by atoms with Crippen LogP contribution in [0.25, 0.3) is 0 Å². The fourth-order valence-corrected chi connectivity index (χ4v) is 1.20. The molecule has 2 heteroatoms. The molecule has 0 saturated carbocycles. The molecule has 2 nitrogen and oxygen atoms in total. The van der Waals surface area contributed by atoms with Crippen molar-refractivity contribution >= 4 is 0 Å². The number of rotatable bonds is 4. The van der Waals surface area contributed by atoms with Gasteiger partial charge in [-0.05, 0) is 26.1 Å². The van der Waals surface area contributed by atoms with Gasteiger partial charge in [-0.1, -0.05) is 24.0 Å². The van der Waals surface area contributed by atoms with Crippen LogP contribution in [0.2, 0.25) is 0 Å². The number of nitrogens with one attached hydrogen (secondary N) is 1. The minimum absolute atomic E-state index is 0.676. The smallest absolute Gasteiger partial charge is 0.134 e. The minimum atomic E-state index is 0.676. The van der Waals surface area contributed by atoms with Crippen molar-refractivity contribution in [2.75, 3.05) is 20.2 Å². The van der Waals surface area contributed by atoms with Crippen molar-refractivity contribution in [2.45, 2.75) is 13.3 Å². The second-order valence-corrected chi connectivity index (χ2v) is 3.08. The van der Waals surface area contributed by atoms with Crippen molar-refractivity contribution in [3.63, 3.8) is 0 Å². The van der Waals surface area contributed by atoms with Crippen molar-refractivity contribution in [3.05, 3.63) is 29.8 Å². The van der Waals surface area contributed by atoms with E-state index in [9.17, 15) is 0 Å². The van der Waals surface area contributed by atoms with Crippen LogP contribution in [0, 0.1) is 11.8 Å². The van der Waals surface area contributed by atoms with Gasteiger partial charge in [-0.3, -0.25) is 0 Å². The zero-order valence-corrected chi connectivity index (χ0v) is 9.34. The molecule has 0 aliphatic carbocycles. The number of hydrogen-bond acceptors (Lipinski definition) is 2. The van der Waals surface area contributed by atoms with Crippen LogP contribution in [-0.4, -0.2) is 20.2 Å². The SMILES string of the molecule is CCOc1ccccc1C#CCCNC. The Kier molecular flexibility index (Phi) is 5.35. The molecular weight excluding hydrogens is 186 g/mol. The van der Waals surface area contributed by atoms with Gasteiger partial charge in [-0.15, -0.1) is 0 Å². The Morgan fingerprint density at radius 2 is 2.13 bits per heavy atom. The van der Waals surface area contributed by atoms with Gasteiger partial charge in [0.2, 0.25) is 0 Å². The van der Waals surface area contributed by atoms with E-state index in [-0.39, 0.29) is 0 Å². The highest BCUT2D eigenvalue weighted by molar-refractivity contribution is 5.45. The van der Waals surface area contributed by atoms with Crippen LogP contribution < -0.4 is 10.1 Å². The lowest BCUT2D eigenvalue weighted by Crippen LogP contribution is -2.05. The summed E-state index contributed by atoms with van der Waals surface area (Å²) in [6.45, 7) is 3.57. The number of hydrogen-bond donors (Lipinski definition) is 1. The molecule has 15 heavy (non-hydrogen) atoms. The van der Waals surface area contributed by atoms with Crippen molar-refractivity contribution < 1.29 is 4.74 Å². The molecule has 1 aromatic rings. The summed E-state index contributed by atoms with van der Waals surface area (Å²) in [5.74, 6) is 7.10. The largest absolute Gasteiger partial charge is 0.493 e. The van der Waals surface area contributed by atoms with Crippen molar-refractivity contribution in [3.8, 4) is 17.6 Å². The summed E-state index contributed by atoms with van der Waals surface area (Å²) in [5.41, 5.74) is 0.968. The van der Waals surface area contributed by atoms with Gasteiger partial charge in [0.05, 0.1) is 12.2 Å². The second kappa shape index (κ2) is 6.92. The van der Waals surface area contributed by atoms with Gasteiger partial charge in [0, 0.05) is 13.0 Å². The molecule has 1 rings (SSSR count). The lowest BCUT2D eigenvalue weighted by Gasteiger charge is -2.04. The van der Waals surface area contributed by atoms with E-state index >= 15 is 0 Å². The molecule has 1 aromatic carbocycles. The highest BCUT2D eigenvalue weighted by Crippen LogP contribution is 2.16. The van der Waals surface area contributed by atoms with Gasteiger partial charge in [-0.25, -0.2) is 0 Å². The lowest BCUT2D eigenvalue weighted by atomic mass is 10.2. The Hall–Kier alpha value is -1.46. The van der Waals surface area contributed by atoms with Gasteiger partial charge in [0.1, 0.15) is 5.75 Å². The van der Waals surface area contributed by atoms with Crippen LogP contribution in [0.15, 0.2) is 24.3 Å². The number of para-hydroxylation sites is 1. The average Bonchev–Trinajstić information content (AvgIpc) is 2.27. The summed E-state index contributed by atoms with van der Waals surface area (Å²) in [6, 6.07) is 7.87. The maximum atomic E-state index is 5.48. The zero-order valence-electron chi connectivity index (χ0n) is 9.34. The third-order valence-corrected chi connectivity index (χ3v) is 1.91. The Bertz CT molecular complexity index is 349. The van der Waals surface area contributed by atoms with E-state index in [2.05, 4.69) is 17.2 Å². The lowest BCUT2D eigenvalue weighted by molar-refractivity contribution is 0.339. The summed E-state index contributed by atoms with van der Waals surface area (Å²) >= 11 is 0. The first-order valence-electron chi connectivity index (χ1n) is 5.23. The molecule has 0 fully saturated rings. The summed E-state index contributed by atoms with van der Waals surface area (Å²) in [6.07, 6.45) is 0.858. The van der Waals surface area contributed by atoms with Gasteiger partial charge in [-0.2, -0.15) is 0 Å². The fourth-order valence-electron chi connectivity index (χ4n) is 1.20. The van der Waals surface area contributed by atoms with E-state index in [1.807, 2.05) is 38.2 Å². The van der Waals surface area contributed by atoms with Crippen LogP contribution in [0.1, 0.15) is 18.9 Å². The highest BCUT2D eigenvalue weighted by Gasteiger charge is 1.97. The summed E-state index contributed by atoms with van der Waals surface area (Å²) in [7, 11) is 1.93. The second-order valence-electron chi connectivity index (χ2n) is 3.08. The topological polar surface area (TPSA) is 21.3 Å². The fraction of sp³-hybridized carbons (Fsp3) is 0.385. The monoisotopic (exact) mass is 203 g/mol. The van der Waals surface area contributed by atoms with Crippen LogP contribution in [0.5, 0.6) is 5.75 Å². The molecule has 0 aliphatic heterocycles. The molecular formula is C13H17NO. The molecule has 0 aliphatic rings. The minimum Gasteiger partial charge on any atom is -0.493 e. The van der Waals surface area contributed by atoms with E-state index in [0.29, 0.717) is 6.61 Å². The van der Waals surface area contributed by atoms with Crippen LogP contribution >= 0.6 is 0 Å². The van der Waals surface area contributed by atoms with Crippen LogP contribution in [-0.2, 0) is 0 Å². The van der Waals surface area contributed by atoms with E-state index in [4.69, 9.17) is 4.74 Å². The third-order valence-electron chi connectivity index (χ3n) is 1.91.